The van der Waals surface area contributed by atoms with Crippen LogP contribution in [0.25, 0.3) is 0 Å². The van der Waals surface area contributed by atoms with Gasteiger partial charge in [0, 0.05) is 23.1 Å². The van der Waals surface area contributed by atoms with E-state index in [2.05, 4.69) is 32.6 Å². The highest BCUT2D eigenvalue weighted by molar-refractivity contribution is 9.10. The molecule has 2 rings (SSSR count). The van der Waals surface area contributed by atoms with Crippen LogP contribution in [-0.4, -0.2) is 18.5 Å². The summed E-state index contributed by atoms with van der Waals surface area (Å²) >= 11 is 3.39. The van der Waals surface area contributed by atoms with Gasteiger partial charge in [0.05, 0.1) is 17.7 Å². The molecule has 0 radical (unpaired) electrons. The van der Waals surface area contributed by atoms with Crippen molar-refractivity contribution in [3.8, 4) is 6.07 Å². The maximum atomic E-state index is 11.0. The van der Waals surface area contributed by atoms with Gasteiger partial charge in [0.15, 0.2) is 0 Å². The average molecular weight is 280 g/mol. The third-order valence-electron chi connectivity index (χ3n) is 2.44. The zero-order valence-corrected chi connectivity index (χ0v) is 10.0. The molecular formula is C11H10BrN3O. The van der Waals surface area contributed by atoms with Crippen LogP contribution in [0.3, 0.4) is 0 Å². The van der Waals surface area contributed by atoms with Gasteiger partial charge in [0.2, 0.25) is 5.91 Å². The molecule has 1 unspecified atom stereocenters. The number of hydrogen-bond acceptors (Lipinski definition) is 3. The molecule has 0 spiro atoms. The predicted octanol–water partition coefficient (Wildman–Crippen LogP) is 1.62. The number of hydrogen-bond donors (Lipinski definition) is 2. The molecule has 2 N–H and O–H groups in total. The van der Waals surface area contributed by atoms with E-state index in [0.717, 1.165) is 10.2 Å². The summed E-state index contributed by atoms with van der Waals surface area (Å²) < 4.78 is 0.839. The Bertz CT molecular complexity index is 467. The van der Waals surface area contributed by atoms with Crippen LogP contribution in [0.5, 0.6) is 0 Å². The molecule has 1 atom stereocenters. The summed E-state index contributed by atoms with van der Waals surface area (Å²) in [4.78, 5) is 11.0. The lowest BCUT2D eigenvalue weighted by atomic mass is 10.2. The van der Waals surface area contributed by atoms with Gasteiger partial charge in [-0.3, -0.25) is 4.79 Å². The number of halogens is 1. The molecule has 0 saturated carbocycles. The molecule has 5 heteroatoms. The molecule has 1 saturated heterocycles. The summed E-state index contributed by atoms with van der Waals surface area (Å²) in [5, 5.41) is 14.7. The summed E-state index contributed by atoms with van der Waals surface area (Å²) in [6.07, 6.45) is 0.493. The Morgan fingerprint density at radius 3 is 2.94 bits per heavy atom. The predicted molar refractivity (Wildman–Crippen MR) is 63.9 cm³/mol. The lowest BCUT2D eigenvalue weighted by Gasteiger charge is -2.13. The van der Waals surface area contributed by atoms with E-state index >= 15 is 0 Å². The molecule has 16 heavy (non-hydrogen) atoms. The number of nitriles is 1. The molecule has 0 aliphatic carbocycles. The summed E-state index contributed by atoms with van der Waals surface area (Å²) in [6.45, 7) is 0.644. The Balaban J connectivity index is 2.10. The number of carbonyl (C=O) groups is 1. The van der Waals surface area contributed by atoms with Crippen molar-refractivity contribution in [1.29, 1.82) is 5.26 Å². The van der Waals surface area contributed by atoms with Crippen LogP contribution in [-0.2, 0) is 4.79 Å². The normalized spacial score (nSPS) is 19.0. The minimum Gasteiger partial charge on any atom is -0.379 e. The minimum atomic E-state index is 0.0715. The largest absolute Gasteiger partial charge is 0.379 e. The topological polar surface area (TPSA) is 64.9 Å². The zero-order chi connectivity index (χ0) is 11.5. The van der Waals surface area contributed by atoms with Gasteiger partial charge in [0.1, 0.15) is 0 Å². The van der Waals surface area contributed by atoms with Crippen molar-refractivity contribution in [3.63, 3.8) is 0 Å². The number of carbonyl (C=O) groups excluding carboxylic acids is 1. The fourth-order valence-electron chi connectivity index (χ4n) is 1.63. The lowest BCUT2D eigenvalue weighted by molar-refractivity contribution is -0.119. The zero-order valence-electron chi connectivity index (χ0n) is 8.46. The SMILES string of the molecule is N#Cc1ccc(NC2CNC(=O)C2)c(Br)c1. The Labute approximate surface area is 102 Å². The molecule has 1 aromatic rings. The van der Waals surface area contributed by atoms with Gasteiger partial charge in [-0.2, -0.15) is 5.26 Å². The molecule has 1 amide bonds. The van der Waals surface area contributed by atoms with Crippen molar-refractivity contribution in [2.24, 2.45) is 0 Å². The van der Waals surface area contributed by atoms with Crippen molar-refractivity contribution in [2.45, 2.75) is 12.5 Å². The molecule has 1 aromatic carbocycles. The van der Waals surface area contributed by atoms with Crippen molar-refractivity contribution in [3.05, 3.63) is 28.2 Å². The highest BCUT2D eigenvalue weighted by atomic mass is 79.9. The monoisotopic (exact) mass is 279 g/mol. The molecular weight excluding hydrogens is 270 g/mol. The van der Waals surface area contributed by atoms with Crippen LogP contribution >= 0.6 is 15.9 Å². The van der Waals surface area contributed by atoms with E-state index in [4.69, 9.17) is 5.26 Å². The maximum Gasteiger partial charge on any atom is 0.222 e. The molecule has 0 aromatic heterocycles. The van der Waals surface area contributed by atoms with Crippen LogP contribution in [0.15, 0.2) is 22.7 Å². The molecule has 1 aliphatic heterocycles. The van der Waals surface area contributed by atoms with E-state index in [1.165, 1.54) is 0 Å². The number of nitrogens with one attached hydrogen (secondary N) is 2. The summed E-state index contributed by atoms with van der Waals surface area (Å²) in [6, 6.07) is 7.54. The first-order chi connectivity index (χ1) is 7.69. The second-order valence-electron chi connectivity index (χ2n) is 3.66. The third kappa shape index (κ3) is 2.34. The molecule has 1 aliphatic rings. The van der Waals surface area contributed by atoms with Gasteiger partial charge in [-0.1, -0.05) is 0 Å². The molecule has 1 heterocycles. The fourth-order valence-corrected chi connectivity index (χ4v) is 2.12. The number of nitrogens with zero attached hydrogens (tertiary/aromatic N) is 1. The first-order valence-corrected chi connectivity index (χ1v) is 5.71. The summed E-state index contributed by atoms with van der Waals surface area (Å²) in [7, 11) is 0. The lowest BCUT2D eigenvalue weighted by Crippen LogP contribution is -2.22. The fraction of sp³-hybridized carbons (Fsp3) is 0.273. The number of rotatable bonds is 2. The Morgan fingerprint density at radius 1 is 1.56 bits per heavy atom. The Kier molecular flexibility index (Phi) is 3.11. The van der Waals surface area contributed by atoms with Gasteiger partial charge in [-0.15, -0.1) is 0 Å². The number of amides is 1. The summed E-state index contributed by atoms with van der Waals surface area (Å²) in [5.41, 5.74) is 1.51. The average Bonchev–Trinajstić information content (AvgIpc) is 2.67. The molecule has 4 nitrogen and oxygen atoms in total. The van der Waals surface area contributed by atoms with Gasteiger partial charge in [0.25, 0.3) is 0 Å². The van der Waals surface area contributed by atoms with Crippen LogP contribution in [0.1, 0.15) is 12.0 Å². The van der Waals surface area contributed by atoms with E-state index in [-0.39, 0.29) is 11.9 Å². The van der Waals surface area contributed by atoms with Crippen molar-refractivity contribution >= 4 is 27.5 Å². The van der Waals surface area contributed by atoms with Gasteiger partial charge >= 0.3 is 0 Å². The second-order valence-corrected chi connectivity index (χ2v) is 4.51. The van der Waals surface area contributed by atoms with Crippen LogP contribution in [0.2, 0.25) is 0 Å². The highest BCUT2D eigenvalue weighted by Crippen LogP contribution is 2.24. The Morgan fingerprint density at radius 2 is 2.38 bits per heavy atom. The quantitative estimate of drug-likeness (QED) is 0.865. The van der Waals surface area contributed by atoms with Gasteiger partial charge in [-0.05, 0) is 34.1 Å². The van der Waals surface area contributed by atoms with Crippen molar-refractivity contribution in [1.82, 2.24) is 5.32 Å². The molecule has 1 fully saturated rings. The van der Waals surface area contributed by atoms with Crippen LogP contribution in [0, 0.1) is 11.3 Å². The van der Waals surface area contributed by atoms with Gasteiger partial charge in [-0.25, -0.2) is 0 Å². The Hall–Kier alpha value is -1.54. The van der Waals surface area contributed by atoms with E-state index in [9.17, 15) is 4.79 Å². The standard InChI is InChI=1S/C11H10BrN3O/c12-9-3-7(5-13)1-2-10(9)15-8-4-11(16)14-6-8/h1-3,8,15H,4,6H2,(H,14,16). The first-order valence-electron chi connectivity index (χ1n) is 4.92. The summed E-state index contributed by atoms with van der Waals surface area (Å²) in [5.74, 6) is 0.0715. The number of benzene rings is 1. The minimum absolute atomic E-state index is 0.0715. The van der Waals surface area contributed by atoms with Crippen LogP contribution in [0.4, 0.5) is 5.69 Å². The highest BCUT2D eigenvalue weighted by Gasteiger charge is 2.21. The number of anilines is 1. The first kappa shape index (κ1) is 11.0. The van der Waals surface area contributed by atoms with Gasteiger partial charge < -0.3 is 10.6 Å². The van der Waals surface area contributed by atoms with Crippen molar-refractivity contribution in [2.75, 3.05) is 11.9 Å². The second kappa shape index (κ2) is 4.54. The van der Waals surface area contributed by atoms with E-state index < -0.39 is 0 Å². The van der Waals surface area contributed by atoms with Crippen LogP contribution < -0.4 is 10.6 Å². The van der Waals surface area contributed by atoms with E-state index in [1.54, 1.807) is 12.1 Å². The maximum absolute atomic E-state index is 11.0. The molecule has 82 valence electrons. The third-order valence-corrected chi connectivity index (χ3v) is 3.09. The van der Waals surface area contributed by atoms with Crippen molar-refractivity contribution < 1.29 is 4.79 Å². The smallest absolute Gasteiger partial charge is 0.222 e. The molecule has 0 bridgehead atoms. The van der Waals surface area contributed by atoms with E-state index in [1.807, 2.05) is 6.07 Å². The van der Waals surface area contributed by atoms with E-state index in [0.29, 0.717) is 18.5 Å².